The Balaban J connectivity index is 2.38. The minimum absolute atomic E-state index is 0.372. The summed E-state index contributed by atoms with van der Waals surface area (Å²) < 4.78 is 17.7. The molecule has 23 heavy (non-hydrogen) atoms. The van der Waals surface area contributed by atoms with Crippen LogP contribution in [-0.2, 0) is 9.31 Å². The number of methoxy groups -OCH3 is 1. The van der Waals surface area contributed by atoms with Gasteiger partial charge in [-0.25, -0.2) is 0 Å². The molecule has 1 fully saturated rings. The van der Waals surface area contributed by atoms with E-state index in [4.69, 9.17) is 25.6 Å². The van der Waals surface area contributed by atoms with Crippen LogP contribution in [0.4, 0.5) is 0 Å². The molecule has 0 unspecified atom stereocenters. The van der Waals surface area contributed by atoms with E-state index in [-0.39, 0.29) is 11.2 Å². The van der Waals surface area contributed by atoms with Crippen LogP contribution in [0.1, 0.15) is 33.3 Å². The van der Waals surface area contributed by atoms with Crippen LogP contribution in [0, 0.1) is 0 Å². The van der Waals surface area contributed by atoms with Crippen molar-refractivity contribution in [3.8, 4) is 5.75 Å². The first-order valence-electron chi connectivity index (χ1n) is 7.74. The van der Waals surface area contributed by atoms with Crippen LogP contribution in [0.2, 0.25) is 5.02 Å². The Morgan fingerprint density at radius 3 is 2.39 bits per heavy atom. The lowest BCUT2D eigenvalue weighted by molar-refractivity contribution is 0.00578. The van der Waals surface area contributed by atoms with Gasteiger partial charge in [-0.05, 0) is 58.4 Å². The molecule has 1 aliphatic heterocycles. The van der Waals surface area contributed by atoms with E-state index in [1.165, 1.54) is 0 Å². The lowest BCUT2D eigenvalue weighted by Gasteiger charge is -2.32. The lowest BCUT2D eigenvalue weighted by atomic mass is 9.77. The highest BCUT2D eigenvalue weighted by atomic mass is 35.5. The Hall–Kier alpha value is -1.01. The first kappa shape index (κ1) is 18.3. The fourth-order valence-electron chi connectivity index (χ4n) is 2.42. The van der Waals surface area contributed by atoms with E-state index in [0.717, 1.165) is 16.8 Å². The summed E-state index contributed by atoms with van der Waals surface area (Å²) in [5.74, 6) is 0.763. The highest BCUT2D eigenvalue weighted by Crippen LogP contribution is 2.39. The van der Waals surface area contributed by atoms with Crippen molar-refractivity contribution in [1.29, 1.82) is 0 Å². The topological polar surface area (TPSA) is 39.7 Å². The van der Waals surface area contributed by atoms with Crippen LogP contribution in [-0.4, -0.2) is 39.0 Å². The van der Waals surface area contributed by atoms with Crippen LogP contribution in [0.3, 0.4) is 0 Å². The Kier molecular flexibility index (Phi) is 5.46. The zero-order valence-corrected chi connectivity index (χ0v) is 15.5. The Morgan fingerprint density at radius 1 is 1.26 bits per heavy atom. The van der Waals surface area contributed by atoms with Gasteiger partial charge in [0.1, 0.15) is 5.75 Å². The van der Waals surface area contributed by atoms with E-state index in [9.17, 15) is 0 Å². The molecule has 1 N–H and O–H groups in total. The number of benzene rings is 1. The summed E-state index contributed by atoms with van der Waals surface area (Å²) in [5.41, 5.74) is 1.15. The largest absolute Gasteiger partial charge is 0.496 e. The second kappa shape index (κ2) is 6.85. The number of ether oxygens (including phenoxy) is 1. The fourth-order valence-corrected chi connectivity index (χ4v) is 2.60. The highest BCUT2D eigenvalue weighted by molar-refractivity contribution is 6.56. The van der Waals surface area contributed by atoms with Crippen molar-refractivity contribution in [2.24, 2.45) is 0 Å². The maximum Gasteiger partial charge on any atom is 0.491 e. The zero-order valence-electron chi connectivity index (χ0n) is 14.7. The summed E-state index contributed by atoms with van der Waals surface area (Å²) in [5, 5.41) is 3.83. The molecule has 0 aromatic heterocycles. The molecule has 0 spiro atoms. The molecule has 6 heteroatoms. The SMILES string of the molecule is CNCC(=Cc1cc(Cl)ccc1OC)B1OC(C)(C)C(C)(C)O1. The summed E-state index contributed by atoms with van der Waals surface area (Å²) in [6.07, 6.45) is 2.02. The summed E-state index contributed by atoms with van der Waals surface area (Å²) in [7, 11) is 3.14. The minimum Gasteiger partial charge on any atom is -0.496 e. The normalized spacial score (nSPS) is 20.0. The third-order valence-electron chi connectivity index (χ3n) is 4.47. The van der Waals surface area contributed by atoms with Gasteiger partial charge in [-0.15, -0.1) is 0 Å². The van der Waals surface area contributed by atoms with Crippen molar-refractivity contribution in [2.75, 3.05) is 20.7 Å². The fraction of sp³-hybridized carbons (Fsp3) is 0.529. The van der Waals surface area contributed by atoms with Crippen molar-refractivity contribution in [3.05, 3.63) is 34.3 Å². The Morgan fingerprint density at radius 2 is 1.87 bits per heavy atom. The van der Waals surface area contributed by atoms with E-state index in [1.807, 2.05) is 59.0 Å². The maximum absolute atomic E-state index is 6.15. The van der Waals surface area contributed by atoms with Crippen LogP contribution in [0.15, 0.2) is 23.7 Å². The molecule has 0 amide bonds. The van der Waals surface area contributed by atoms with Crippen molar-refractivity contribution in [2.45, 2.75) is 38.9 Å². The van der Waals surface area contributed by atoms with Crippen LogP contribution < -0.4 is 10.1 Å². The first-order chi connectivity index (χ1) is 10.7. The highest BCUT2D eigenvalue weighted by Gasteiger charge is 2.52. The van der Waals surface area contributed by atoms with Gasteiger partial charge >= 0.3 is 7.12 Å². The average Bonchev–Trinajstić information content (AvgIpc) is 2.67. The van der Waals surface area contributed by atoms with Gasteiger partial charge in [0.15, 0.2) is 0 Å². The van der Waals surface area contributed by atoms with Crippen molar-refractivity contribution >= 4 is 24.8 Å². The first-order valence-corrected chi connectivity index (χ1v) is 8.12. The van der Waals surface area contributed by atoms with Gasteiger partial charge in [0.05, 0.1) is 18.3 Å². The lowest BCUT2D eigenvalue weighted by Crippen LogP contribution is -2.41. The monoisotopic (exact) mass is 337 g/mol. The van der Waals surface area contributed by atoms with E-state index in [0.29, 0.717) is 11.6 Å². The number of likely N-dealkylation sites (N-methyl/N-ethyl adjacent to an activating group) is 1. The number of halogens is 1. The molecule has 2 rings (SSSR count). The Labute approximate surface area is 144 Å². The predicted octanol–water partition coefficient (Wildman–Crippen LogP) is 3.58. The van der Waals surface area contributed by atoms with Crippen molar-refractivity contribution in [1.82, 2.24) is 5.32 Å². The number of hydrogen-bond donors (Lipinski definition) is 1. The number of hydrogen-bond acceptors (Lipinski definition) is 4. The van der Waals surface area contributed by atoms with E-state index in [2.05, 4.69) is 5.32 Å². The standard InChI is InChI=1S/C17H25BClNO3/c1-16(2)17(3,4)23-18(22-16)13(11-20-5)9-12-10-14(19)7-8-15(12)21-6/h7-10,20H,11H2,1-6H3. The third kappa shape index (κ3) is 3.91. The van der Waals surface area contributed by atoms with E-state index in [1.54, 1.807) is 7.11 Å². The molecule has 1 heterocycles. The average molecular weight is 338 g/mol. The summed E-state index contributed by atoms with van der Waals surface area (Å²) >= 11 is 6.12. The molecule has 4 nitrogen and oxygen atoms in total. The second-order valence-corrected chi connectivity index (χ2v) is 7.16. The third-order valence-corrected chi connectivity index (χ3v) is 4.70. The van der Waals surface area contributed by atoms with Gasteiger partial charge in [0.25, 0.3) is 0 Å². The molecule has 0 saturated carbocycles. The minimum atomic E-state index is -0.406. The predicted molar refractivity (Wildman–Crippen MR) is 96.0 cm³/mol. The smallest absolute Gasteiger partial charge is 0.491 e. The zero-order chi connectivity index (χ0) is 17.3. The quantitative estimate of drug-likeness (QED) is 0.834. The molecule has 1 aromatic rings. The van der Waals surface area contributed by atoms with Gasteiger partial charge in [-0.3, -0.25) is 0 Å². The summed E-state index contributed by atoms with van der Waals surface area (Å²) in [4.78, 5) is 0. The molecule has 0 atom stereocenters. The van der Waals surface area contributed by atoms with Crippen molar-refractivity contribution in [3.63, 3.8) is 0 Å². The number of nitrogens with one attached hydrogen (secondary N) is 1. The van der Waals surface area contributed by atoms with Gasteiger partial charge in [0, 0.05) is 17.1 Å². The van der Waals surface area contributed by atoms with Crippen molar-refractivity contribution < 1.29 is 14.0 Å². The van der Waals surface area contributed by atoms with E-state index < -0.39 is 7.12 Å². The molecular weight excluding hydrogens is 312 g/mol. The Bertz CT molecular complexity index is 586. The van der Waals surface area contributed by atoms with Gasteiger partial charge < -0.3 is 19.4 Å². The van der Waals surface area contributed by atoms with Crippen LogP contribution >= 0.6 is 11.6 Å². The van der Waals surface area contributed by atoms with Crippen LogP contribution in [0.25, 0.3) is 6.08 Å². The molecule has 126 valence electrons. The molecule has 0 aliphatic carbocycles. The molecule has 0 radical (unpaired) electrons. The van der Waals surface area contributed by atoms with Gasteiger partial charge in [0.2, 0.25) is 0 Å². The molecule has 1 aliphatic rings. The molecule has 1 aromatic carbocycles. The molecular formula is C17H25BClNO3. The van der Waals surface area contributed by atoms with Gasteiger partial charge in [-0.1, -0.05) is 17.7 Å². The number of rotatable bonds is 5. The summed E-state index contributed by atoms with van der Waals surface area (Å²) in [6, 6.07) is 5.54. The van der Waals surface area contributed by atoms with Crippen LogP contribution in [0.5, 0.6) is 5.75 Å². The molecule has 1 saturated heterocycles. The maximum atomic E-state index is 6.15. The molecule has 0 bridgehead atoms. The van der Waals surface area contributed by atoms with Gasteiger partial charge in [-0.2, -0.15) is 0 Å². The van der Waals surface area contributed by atoms with E-state index >= 15 is 0 Å². The summed E-state index contributed by atoms with van der Waals surface area (Å²) in [6.45, 7) is 8.83. The second-order valence-electron chi connectivity index (χ2n) is 6.72.